The lowest BCUT2D eigenvalue weighted by Gasteiger charge is -2.29. The lowest BCUT2D eigenvalue weighted by molar-refractivity contribution is -0.0175. The molecule has 1 rings (SSSR count). The Morgan fingerprint density at radius 2 is 2.55 bits per heavy atom. The largest absolute Gasteiger partial charge is 0.383 e. The zero-order valence-electron chi connectivity index (χ0n) is 6.80. The van der Waals surface area contributed by atoms with Crippen LogP contribution in [0.15, 0.2) is 0 Å². The molecule has 1 atom stereocenters. The second-order valence-electron chi connectivity index (χ2n) is 2.98. The quantitative estimate of drug-likeness (QED) is 0.596. The van der Waals surface area contributed by atoms with E-state index in [1.54, 1.807) is 7.11 Å². The first-order valence-electron chi connectivity index (χ1n) is 3.81. The van der Waals surface area contributed by atoms with Gasteiger partial charge < -0.3 is 9.47 Å². The molecule has 1 saturated heterocycles. The third kappa shape index (κ3) is 1.92. The van der Waals surface area contributed by atoms with Gasteiger partial charge in [-0.3, -0.25) is 0 Å². The van der Waals surface area contributed by atoms with Gasteiger partial charge in [-0.2, -0.15) is 5.26 Å². The first kappa shape index (κ1) is 8.51. The van der Waals surface area contributed by atoms with Crippen LogP contribution < -0.4 is 0 Å². The van der Waals surface area contributed by atoms with E-state index in [-0.39, 0.29) is 5.41 Å². The first-order chi connectivity index (χ1) is 5.33. The fraction of sp³-hybridized carbons (Fsp3) is 0.875. The number of ether oxygens (including phenoxy) is 2. The van der Waals surface area contributed by atoms with Gasteiger partial charge >= 0.3 is 0 Å². The van der Waals surface area contributed by atoms with E-state index in [0.29, 0.717) is 13.2 Å². The fourth-order valence-corrected chi connectivity index (χ4v) is 1.36. The maximum Gasteiger partial charge on any atom is 0.104 e. The lowest BCUT2D eigenvalue weighted by Crippen LogP contribution is -2.34. The number of nitrogens with zero attached hydrogens (tertiary/aromatic N) is 1. The summed E-state index contributed by atoms with van der Waals surface area (Å²) in [6, 6.07) is 2.27. The monoisotopic (exact) mass is 155 g/mol. The Balaban J connectivity index is 2.51. The highest BCUT2D eigenvalue weighted by Crippen LogP contribution is 2.27. The summed E-state index contributed by atoms with van der Waals surface area (Å²) in [6.45, 7) is 1.80. The summed E-state index contributed by atoms with van der Waals surface area (Å²) in [7, 11) is 1.62. The van der Waals surface area contributed by atoms with E-state index in [0.717, 1.165) is 19.4 Å². The Bertz CT molecular complexity index is 150. The summed E-state index contributed by atoms with van der Waals surface area (Å²) in [4.78, 5) is 0. The molecule has 1 unspecified atom stereocenters. The molecular weight excluding hydrogens is 142 g/mol. The molecule has 1 fully saturated rings. The molecule has 11 heavy (non-hydrogen) atoms. The lowest BCUT2D eigenvalue weighted by atomic mass is 9.85. The van der Waals surface area contributed by atoms with Gasteiger partial charge in [-0.05, 0) is 12.8 Å². The average Bonchev–Trinajstić information content (AvgIpc) is 2.07. The average molecular weight is 155 g/mol. The summed E-state index contributed by atoms with van der Waals surface area (Å²) in [5, 5.41) is 8.86. The van der Waals surface area contributed by atoms with Crippen LogP contribution in [0.4, 0.5) is 0 Å². The number of methoxy groups -OCH3 is 1. The second-order valence-corrected chi connectivity index (χ2v) is 2.98. The zero-order valence-corrected chi connectivity index (χ0v) is 6.80. The molecule has 1 heterocycles. The fourth-order valence-electron chi connectivity index (χ4n) is 1.36. The summed E-state index contributed by atoms with van der Waals surface area (Å²) >= 11 is 0. The standard InChI is InChI=1S/C8H13NO2/c1-10-6-8(5-9)3-2-4-11-7-8/h2-4,6-7H2,1H3. The highest BCUT2D eigenvalue weighted by atomic mass is 16.5. The number of hydrogen-bond acceptors (Lipinski definition) is 3. The van der Waals surface area contributed by atoms with Gasteiger partial charge in [-0.15, -0.1) is 0 Å². The maximum atomic E-state index is 8.86. The molecule has 0 bridgehead atoms. The Kier molecular flexibility index (Phi) is 2.86. The van der Waals surface area contributed by atoms with Crippen molar-refractivity contribution < 1.29 is 9.47 Å². The Labute approximate surface area is 66.9 Å². The van der Waals surface area contributed by atoms with Crippen molar-refractivity contribution in [2.75, 3.05) is 26.9 Å². The molecule has 0 aliphatic carbocycles. The minimum atomic E-state index is -0.368. The summed E-state index contributed by atoms with van der Waals surface area (Å²) in [6.07, 6.45) is 1.87. The van der Waals surface area contributed by atoms with Crippen molar-refractivity contribution in [3.63, 3.8) is 0 Å². The van der Waals surface area contributed by atoms with Crippen LogP contribution in [0.25, 0.3) is 0 Å². The molecule has 3 heteroatoms. The third-order valence-electron chi connectivity index (χ3n) is 1.98. The van der Waals surface area contributed by atoms with Gasteiger partial charge in [0.05, 0.1) is 19.3 Å². The molecule has 0 aromatic rings. The van der Waals surface area contributed by atoms with Crippen molar-refractivity contribution in [3.8, 4) is 6.07 Å². The SMILES string of the molecule is COCC1(C#N)CCCOC1. The smallest absolute Gasteiger partial charge is 0.104 e. The predicted molar refractivity (Wildman–Crippen MR) is 40.0 cm³/mol. The van der Waals surface area contributed by atoms with Gasteiger partial charge in [0, 0.05) is 13.7 Å². The van der Waals surface area contributed by atoms with Crippen molar-refractivity contribution in [1.82, 2.24) is 0 Å². The van der Waals surface area contributed by atoms with E-state index >= 15 is 0 Å². The van der Waals surface area contributed by atoms with Gasteiger partial charge in [0.1, 0.15) is 5.41 Å². The molecule has 0 aromatic carbocycles. The highest BCUT2D eigenvalue weighted by Gasteiger charge is 2.32. The van der Waals surface area contributed by atoms with E-state index < -0.39 is 0 Å². The molecule has 3 nitrogen and oxygen atoms in total. The topological polar surface area (TPSA) is 42.2 Å². The molecule has 0 N–H and O–H groups in total. The van der Waals surface area contributed by atoms with Crippen LogP contribution in [0, 0.1) is 16.7 Å². The number of hydrogen-bond donors (Lipinski definition) is 0. The van der Waals surface area contributed by atoms with Crippen LogP contribution >= 0.6 is 0 Å². The molecule has 62 valence electrons. The van der Waals surface area contributed by atoms with E-state index in [2.05, 4.69) is 6.07 Å². The van der Waals surface area contributed by atoms with Gasteiger partial charge in [0.15, 0.2) is 0 Å². The molecule has 0 spiro atoms. The van der Waals surface area contributed by atoms with Crippen LogP contribution in [0.5, 0.6) is 0 Å². The molecular formula is C8H13NO2. The van der Waals surface area contributed by atoms with Crippen LogP contribution in [-0.4, -0.2) is 26.9 Å². The van der Waals surface area contributed by atoms with E-state index in [9.17, 15) is 0 Å². The Morgan fingerprint density at radius 3 is 3.00 bits per heavy atom. The summed E-state index contributed by atoms with van der Waals surface area (Å²) in [5.41, 5.74) is -0.368. The highest BCUT2D eigenvalue weighted by molar-refractivity contribution is 5.00. The Morgan fingerprint density at radius 1 is 1.73 bits per heavy atom. The Hall–Kier alpha value is -0.590. The van der Waals surface area contributed by atoms with Crippen molar-refractivity contribution in [2.24, 2.45) is 5.41 Å². The predicted octanol–water partition coefficient (Wildman–Crippen LogP) is 0.953. The first-order valence-corrected chi connectivity index (χ1v) is 3.81. The van der Waals surface area contributed by atoms with Crippen molar-refractivity contribution >= 4 is 0 Å². The van der Waals surface area contributed by atoms with Gasteiger partial charge in [0.25, 0.3) is 0 Å². The molecule has 0 saturated carbocycles. The van der Waals surface area contributed by atoms with Crippen LogP contribution in [0.3, 0.4) is 0 Å². The normalized spacial score (nSPS) is 31.3. The van der Waals surface area contributed by atoms with Crippen molar-refractivity contribution in [1.29, 1.82) is 5.26 Å². The summed E-state index contributed by atoms with van der Waals surface area (Å²) in [5.74, 6) is 0. The van der Waals surface area contributed by atoms with Crippen LogP contribution in [-0.2, 0) is 9.47 Å². The van der Waals surface area contributed by atoms with Crippen molar-refractivity contribution in [2.45, 2.75) is 12.8 Å². The molecule has 1 aliphatic rings. The molecule has 1 aliphatic heterocycles. The van der Waals surface area contributed by atoms with Gasteiger partial charge in [-0.1, -0.05) is 0 Å². The van der Waals surface area contributed by atoms with Gasteiger partial charge in [-0.25, -0.2) is 0 Å². The molecule has 0 radical (unpaired) electrons. The minimum Gasteiger partial charge on any atom is -0.383 e. The maximum absolute atomic E-state index is 8.86. The second kappa shape index (κ2) is 3.70. The third-order valence-corrected chi connectivity index (χ3v) is 1.98. The minimum absolute atomic E-state index is 0.368. The van der Waals surface area contributed by atoms with E-state index in [1.807, 2.05) is 0 Å². The number of nitriles is 1. The van der Waals surface area contributed by atoms with Crippen LogP contribution in [0.1, 0.15) is 12.8 Å². The van der Waals surface area contributed by atoms with Crippen LogP contribution in [0.2, 0.25) is 0 Å². The number of rotatable bonds is 2. The van der Waals surface area contributed by atoms with E-state index in [4.69, 9.17) is 14.7 Å². The van der Waals surface area contributed by atoms with Gasteiger partial charge in [0.2, 0.25) is 0 Å². The molecule has 0 amide bonds. The summed E-state index contributed by atoms with van der Waals surface area (Å²) < 4.78 is 10.2. The molecule has 0 aromatic heterocycles. The zero-order chi connectivity index (χ0) is 8.16. The van der Waals surface area contributed by atoms with E-state index in [1.165, 1.54) is 0 Å². The van der Waals surface area contributed by atoms with Crippen molar-refractivity contribution in [3.05, 3.63) is 0 Å².